The van der Waals surface area contributed by atoms with E-state index in [0.29, 0.717) is 0 Å². The summed E-state index contributed by atoms with van der Waals surface area (Å²) in [6.07, 6.45) is 5.33. The Morgan fingerprint density at radius 3 is 2.74 bits per heavy atom. The highest BCUT2D eigenvalue weighted by molar-refractivity contribution is 5.61. The quantitative estimate of drug-likeness (QED) is 0.748. The van der Waals surface area contributed by atoms with Crippen LogP contribution >= 0.6 is 0 Å². The van der Waals surface area contributed by atoms with E-state index in [1.165, 1.54) is 5.56 Å². The molecule has 0 aliphatic rings. The first-order chi connectivity index (χ1) is 9.42. The zero-order chi connectivity index (χ0) is 12.9. The van der Waals surface area contributed by atoms with Crippen molar-refractivity contribution in [1.82, 2.24) is 15.0 Å². The Kier molecular flexibility index (Phi) is 3.23. The smallest absolute Gasteiger partial charge is 0.126 e. The second-order valence-corrected chi connectivity index (χ2v) is 4.22. The van der Waals surface area contributed by atoms with Crippen LogP contribution < -0.4 is 5.32 Å². The minimum Gasteiger partial charge on any atom is -0.366 e. The maximum absolute atomic E-state index is 4.32. The molecule has 0 fully saturated rings. The molecular weight excluding hydrogens is 236 g/mol. The minimum absolute atomic E-state index is 0.762. The summed E-state index contributed by atoms with van der Waals surface area (Å²) in [6, 6.07) is 14.2. The predicted octanol–water partition coefficient (Wildman–Crippen LogP) is 3.08. The monoisotopic (exact) mass is 250 g/mol. The lowest BCUT2D eigenvalue weighted by molar-refractivity contribution is 1.11. The fraction of sp³-hybridized carbons (Fsp3) is 0.0667. The SMILES string of the molecule is c1ccc(CNc2cc(-c3c[nH]cn3)ccn2)cc1. The molecule has 2 N–H and O–H groups in total. The average Bonchev–Trinajstić information content (AvgIpc) is 3.01. The second-order valence-electron chi connectivity index (χ2n) is 4.22. The standard InChI is InChI=1S/C15H14N4/c1-2-4-12(5-3-1)9-18-15-8-13(6-7-17-15)14-10-16-11-19-14/h1-8,10-11H,9H2,(H,16,19)(H,17,18). The Hall–Kier alpha value is -2.62. The Morgan fingerprint density at radius 1 is 1.05 bits per heavy atom. The summed E-state index contributed by atoms with van der Waals surface area (Å²) in [5.74, 6) is 0.851. The molecule has 0 saturated heterocycles. The van der Waals surface area contributed by atoms with Gasteiger partial charge in [0.15, 0.2) is 0 Å². The number of hydrogen-bond acceptors (Lipinski definition) is 3. The van der Waals surface area contributed by atoms with E-state index in [2.05, 4.69) is 32.4 Å². The van der Waals surface area contributed by atoms with Crippen LogP contribution in [0, 0.1) is 0 Å². The number of H-pyrrole nitrogens is 1. The lowest BCUT2D eigenvalue weighted by atomic mass is 10.2. The van der Waals surface area contributed by atoms with Crippen molar-refractivity contribution in [3.8, 4) is 11.3 Å². The van der Waals surface area contributed by atoms with Crippen LogP contribution in [-0.2, 0) is 6.54 Å². The molecule has 2 aromatic heterocycles. The van der Waals surface area contributed by atoms with Crippen LogP contribution in [0.25, 0.3) is 11.3 Å². The molecule has 0 spiro atoms. The fourth-order valence-electron chi connectivity index (χ4n) is 1.89. The number of aromatic amines is 1. The normalized spacial score (nSPS) is 10.3. The van der Waals surface area contributed by atoms with E-state index in [-0.39, 0.29) is 0 Å². The first-order valence-corrected chi connectivity index (χ1v) is 6.15. The number of nitrogens with zero attached hydrogens (tertiary/aromatic N) is 2. The van der Waals surface area contributed by atoms with Gasteiger partial charge in [-0.25, -0.2) is 9.97 Å². The zero-order valence-corrected chi connectivity index (χ0v) is 10.4. The van der Waals surface area contributed by atoms with Crippen molar-refractivity contribution in [2.45, 2.75) is 6.54 Å². The fourth-order valence-corrected chi connectivity index (χ4v) is 1.89. The summed E-state index contributed by atoms with van der Waals surface area (Å²) >= 11 is 0. The van der Waals surface area contributed by atoms with Gasteiger partial charge >= 0.3 is 0 Å². The molecule has 0 unspecified atom stereocenters. The number of aromatic nitrogens is 3. The molecule has 0 saturated carbocycles. The highest BCUT2D eigenvalue weighted by Crippen LogP contribution is 2.18. The third-order valence-corrected chi connectivity index (χ3v) is 2.87. The molecule has 3 rings (SSSR count). The predicted molar refractivity (Wildman–Crippen MR) is 75.6 cm³/mol. The highest BCUT2D eigenvalue weighted by atomic mass is 15.0. The summed E-state index contributed by atoms with van der Waals surface area (Å²) in [5, 5.41) is 3.31. The van der Waals surface area contributed by atoms with Crippen molar-refractivity contribution >= 4 is 5.82 Å². The van der Waals surface area contributed by atoms with Gasteiger partial charge in [0.25, 0.3) is 0 Å². The summed E-state index contributed by atoms with van der Waals surface area (Å²) in [4.78, 5) is 11.5. The van der Waals surface area contributed by atoms with Crippen LogP contribution in [0.2, 0.25) is 0 Å². The number of benzene rings is 1. The van der Waals surface area contributed by atoms with Gasteiger partial charge in [0, 0.05) is 24.5 Å². The number of anilines is 1. The van der Waals surface area contributed by atoms with Crippen LogP contribution in [0.5, 0.6) is 0 Å². The van der Waals surface area contributed by atoms with Crippen molar-refractivity contribution in [2.24, 2.45) is 0 Å². The van der Waals surface area contributed by atoms with Crippen LogP contribution in [-0.4, -0.2) is 15.0 Å². The van der Waals surface area contributed by atoms with Gasteiger partial charge < -0.3 is 10.3 Å². The largest absolute Gasteiger partial charge is 0.366 e. The van der Waals surface area contributed by atoms with E-state index < -0.39 is 0 Å². The molecule has 0 atom stereocenters. The average molecular weight is 250 g/mol. The Bertz CT molecular complexity index is 632. The molecule has 2 heterocycles. The Labute approximate surface area is 111 Å². The van der Waals surface area contributed by atoms with E-state index in [1.807, 2.05) is 36.5 Å². The van der Waals surface area contributed by atoms with Gasteiger partial charge in [0.2, 0.25) is 0 Å². The molecule has 3 aromatic rings. The molecular formula is C15H14N4. The lowest BCUT2D eigenvalue weighted by Gasteiger charge is -2.06. The molecule has 0 aliphatic heterocycles. The molecule has 0 aliphatic carbocycles. The van der Waals surface area contributed by atoms with Crippen molar-refractivity contribution in [3.63, 3.8) is 0 Å². The minimum atomic E-state index is 0.762. The van der Waals surface area contributed by atoms with Gasteiger partial charge in [0.05, 0.1) is 12.0 Å². The van der Waals surface area contributed by atoms with Crippen molar-refractivity contribution in [1.29, 1.82) is 0 Å². The summed E-state index contributed by atoms with van der Waals surface area (Å²) in [7, 11) is 0. The van der Waals surface area contributed by atoms with E-state index in [9.17, 15) is 0 Å². The second kappa shape index (κ2) is 5.35. The van der Waals surface area contributed by atoms with Gasteiger partial charge in [-0.2, -0.15) is 0 Å². The number of pyridine rings is 1. The van der Waals surface area contributed by atoms with Gasteiger partial charge in [-0.05, 0) is 17.7 Å². The zero-order valence-electron chi connectivity index (χ0n) is 10.4. The molecule has 4 heteroatoms. The van der Waals surface area contributed by atoms with Gasteiger partial charge in [-0.3, -0.25) is 0 Å². The first kappa shape index (κ1) is 11.5. The van der Waals surface area contributed by atoms with Crippen molar-refractivity contribution in [2.75, 3.05) is 5.32 Å². The van der Waals surface area contributed by atoms with E-state index in [4.69, 9.17) is 0 Å². The molecule has 1 aromatic carbocycles. The third-order valence-electron chi connectivity index (χ3n) is 2.87. The van der Waals surface area contributed by atoms with Crippen LogP contribution in [0.3, 0.4) is 0 Å². The highest BCUT2D eigenvalue weighted by Gasteiger charge is 2.01. The van der Waals surface area contributed by atoms with Gasteiger partial charge in [0.1, 0.15) is 5.82 Å². The van der Waals surface area contributed by atoms with Crippen molar-refractivity contribution in [3.05, 3.63) is 66.7 Å². The molecule has 0 bridgehead atoms. The Morgan fingerprint density at radius 2 is 1.95 bits per heavy atom. The van der Waals surface area contributed by atoms with E-state index in [1.54, 1.807) is 12.5 Å². The number of imidazole rings is 1. The Balaban J connectivity index is 1.74. The van der Waals surface area contributed by atoms with Crippen LogP contribution in [0.15, 0.2) is 61.2 Å². The summed E-state index contributed by atoms with van der Waals surface area (Å²) in [5.41, 5.74) is 3.20. The van der Waals surface area contributed by atoms with Crippen LogP contribution in [0.4, 0.5) is 5.82 Å². The topological polar surface area (TPSA) is 53.6 Å². The maximum Gasteiger partial charge on any atom is 0.126 e. The first-order valence-electron chi connectivity index (χ1n) is 6.15. The lowest BCUT2D eigenvalue weighted by Crippen LogP contribution is -2.01. The van der Waals surface area contributed by atoms with Gasteiger partial charge in [-0.1, -0.05) is 30.3 Å². The molecule has 0 amide bonds. The summed E-state index contributed by atoms with van der Waals surface area (Å²) in [6.45, 7) is 0.762. The number of hydrogen-bond donors (Lipinski definition) is 2. The van der Waals surface area contributed by atoms with Gasteiger partial charge in [-0.15, -0.1) is 0 Å². The van der Waals surface area contributed by atoms with Crippen molar-refractivity contribution < 1.29 is 0 Å². The molecule has 0 radical (unpaired) electrons. The third kappa shape index (κ3) is 2.80. The number of nitrogens with one attached hydrogen (secondary N) is 2. The van der Waals surface area contributed by atoms with E-state index >= 15 is 0 Å². The molecule has 19 heavy (non-hydrogen) atoms. The van der Waals surface area contributed by atoms with Crippen LogP contribution in [0.1, 0.15) is 5.56 Å². The molecule has 94 valence electrons. The summed E-state index contributed by atoms with van der Waals surface area (Å²) < 4.78 is 0. The van der Waals surface area contributed by atoms with E-state index in [0.717, 1.165) is 23.6 Å². The maximum atomic E-state index is 4.32. The molecule has 4 nitrogen and oxygen atoms in total. The number of rotatable bonds is 4.